The minimum atomic E-state index is -4.38. The monoisotopic (exact) mass is 249 g/mol. The van der Waals surface area contributed by atoms with E-state index in [0.29, 0.717) is 11.1 Å². The van der Waals surface area contributed by atoms with Crippen LogP contribution in [0.5, 0.6) is 0 Å². The van der Waals surface area contributed by atoms with E-state index in [1.165, 1.54) is 30.6 Å². The van der Waals surface area contributed by atoms with E-state index in [4.69, 9.17) is 0 Å². The number of pyridine rings is 1. The highest BCUT2D eigenvalue weighted by Gasteiger charge is 2.33. The maximum absolute atomic E-state index is 12.9. The molecule has 4 heteroatoms. The van der Waals surface area contributed by atoms with Crippen molar-refractivity contribution in [1.29, 1.82) is 0 Å². The summed E-state index contributed by atoms with van der Waals surface area (Å²) in [4.78, 5) is 3.85. The van der Waals surface area contributed by atoms with Crippen LogP contribution in [-0.4, -0.2) is 4.98 Å². The van der Waals surface area contributed by atoms with E-state index in [2.05, 4.69) is 11.6 Å². The van der Waals surface area contributed by atoms with Crippen LogP contribution in [0.15, 0.2) is 49.3 Å². The molecule has 0 unspecified atom stereocenters. The molecule has 0 fully saturated rings. The lowest BCUT2D eigenvalue weighted by Crippen LogP contribution is -2.07. The molecule has 0 amide bonds. The third kappa shape index (κ3) is 2.42. The number of hydrogen-bond acceptors (Lipinski definition) is 1. The van der Waals surface area contributed by atoms with Gasteiger partial charge in [-0.25, -0.2) is 0 Å². The smallest absolute Gasteiger partial charge is 0.264 e. The number of aromatic nitrogens is 1. The molecule has 2 rings (SSSR count). The van der Waals surface area contributed by atoms with Crippen molar-refractivity contribution in [2.75, 3.05) is 0 Å². The van der Waals surface area contributed by atoms with Gasteiger partial charge in [-0.2, -0.15) is 13.2 Å². The fraction of sp³-hybridized carbons (Fsp3) is 0.0714. The fourth-order valence-electron chi connectivity index (χ4n) is 1.70. The maximum Gasteiger partial charge on any atom is 0.417 e. The first kappa shape index (κ1) is 12.4. The van der Waals surface area contributed by atoms with Gasteiger partial charge in [0.2, 0.25) is 0 Å². The van der Waals surface area contributed by atoms with Gasteiger partial charge in [-0.3, -0.25) is 4.98 Å². The summed E-state index contributed by atoms with van der Waals surface area (Å²) in [6.45, 7) is 3.56. The topological polar surface area (TPSA) is 12.9 Å². The predicted octanol–water partition coefficient (Wildman–Crippen LogP) is 4.41. The highest BCUT2D eigenvalue weighted by atomic mass is 19.4. The summed E-state index contributed by atoms with van der Waals surface area (Å²) >= 11 is 0. The van der Waals surface area contributed by atoms with Crippen molar-refractivity contribution in [3.8, 4) is 11.1 Å². The van der Waals surface area contributed by atoms with Crippen molar-refractivity contribution < 1.29 is 13.2 Å². The summed E-state index contributed by atoms with van der Waals surface area (Å²) in [7, 11) is 0. The normalized spacial score (nSPS) is 11.3. The molecule has 0 aliphatic carbocycles. The van der Waals surface area contributed by atoms with Gasteiger partial charge in [-0.1, -0.05) is 24.8 Å². The highest BCUT2D eigenvalue weighted by Crippen LogP contribution is 2.37. The van der Waals surface area contributed by atoms with Gasteiger partial charge < -0.3 is 0 Å². The first-order chi connectivity index (χ1) is 8.52. The number of benzene rings is 1. The molecule has 92 valence electrons. The molecule has 1 heterocycles. The number of halogens is 3. The van der Waals surface area contributed by atoms with E-state index in [9.17, 15) is 13.2 Å². The third-order valence-corrected chi connectivity index (χ3v) is 2.56. The average Bonchev–Trinajstić information content (AvgIpc) is 2.38. The maximum atomic E-state index is 12.9. The van der Waals surface area contributed by atoms with Crippen molar-refractivity contribution in [3.05, 3.63) is 60.4 Å². The van der Waals surface area contributed by atoms with E-state index in [1.54, 1.807) is 12.1 Å². The van der Waals surface area contributed by atoms with Crippen LogP contribution in [0.25, 0.3) is 17.2 Å². The van der Waals surface area contributed by atoms with Crippen LogP contribution < -0.4 is 0 Å². The zero-order valence-corrected chi connectivity index (χ0v) is 9.41. The first-order valence-electron chi connectivity index (χ1n) is 5.26. The molecular weight excluding hydrogens is 239 g/mol. The van der Waals surface area contributed by atoms with Crippen molar-refractivity contribution in [2.45, 2.75) is 6.18 Å². The molecule has 0 atom stereocenters. The van der Waals surface area contributed by atoms with Gasteiger partial charge in [0.25, 0.3) is 0 Å². The molecule has 2 aromatic rings. The largest absolute Gasteiger partial charge is 0.417 e. The van der Waals surface area contributed by atoms with Crippen molar-refractivity contribution in [2.24, 2.45) is 0 Å². The molecule has 0 aliphatic heterocycles. The summed E-state index contributed by atoms with van der Waals surface area (Å²) < 4.78 is 38.8. The molecule has 0 bridgehead atoms. The molecule has 1 aromatic heterocycles. The van der Waals surface area contributed by atoms with Crippen molar-refractivity contribution >= 4 is 6.08 Å². The van der Waals surface area contributed by atoms with E-state index in [-0.39, 0.29) is 5.56 Å². The van der Waals surface area contributed by atoms with Crippen molar-refractivity contribution in [1.82, 2.24) is 4.98 Å². The van der Waals surface area contributed by atoms with Crippen LogP contribution in [0.4, 0.5) is 13.2 Å². The molecule has 0 aliphatic rings. The van der Waals surface area contributed by atoms with Crippen LogP contribution >= 0.6 is 0 Å². The molecule has 0 radical (unpaired) electrons. The molecule has 1 aromatic carbocycles. The Bertz CT molecular complexity index is 559. The van der Waals surface area contributed by atoms with Gasteiger partial charge in [0, 0.05) is 18.0 Å². The first-order valence-corrected chi connectivity index (χ1v) is 5.26. The Morgan fingerprint density at radius 2 is 1.94 bits per heavy atom. The average molecular weight is 249 g/mol. The Hall–Kier alpha value is -2.10. The number of hydrogen-bond donors (Lipinski definition) is 0. The van der Waals surface area contributed by atoms with E-state index in [0.717, 1.165) is 6.07 Å². The Morgan fingerprint density at radius 3 is 2.50 bits per heavy atom. The lowest BCUT2D eigenvalue weighted by Gasteiger charge is -2.13. The third-order valence-electron chi connectivity index (χ3n) is 2.56. The number of alkyl halides is 3. The molecule has 0 spiro atoms. The zero-order chi connectivity index (χ0) is 13.2. The van der Waals surface area contributed by atoms with Gasteiger partial charge in [0.1, 0.15) is 0 Å². The standard InChI is InChI=1S/C14H10F3N/c1-2-10-5-6-13(14(15,16)17)12(8-10)11-4-3-7-18-9-11/h2-9H,1H2. The van der Waals surface area contributed by atoms with E-state index >= 15 is 0 Å². The minimum absolute atomic E-state index is 0.119. The molecule has 18 heavy (non-hydrogen) atoms. The summed E-state index contributed by atoms with van der Waals surface area (Å²) in [6, 6.07) is 7.14. The van der Waals surface area contributed by atoms with Gasteiger partial charge >= 0.3 is 6.18 Å². The summed E-state index contributed by atoms with van der Waals surface area (Å²) in [5.74, 6) is 0. The summed E-state index contributed by atoms with van der Waals surface area (Å²) in [5, 5.41) is 0. The van der Waals surface area contributed by atoms with Gasteiger partial charge in [0.05, 0.1) is 5.56 Å². The van der Waals surface area contributed by atoms with Gasteiger partial charge in [-0.15, -0.1) is 0 Å². The molecule has 0 saturated carbocycles. The van der Waals surface area contributed by atoms with Gasteiger partial charge in [0.15, 0.2) is 0 Å². The number of rotatable bonds is 2. The van der Waals surface area contributed by atoms with E-state index in [1.807, 2.05) is 0 Å². The van der Waals surface area contributed by atoms with Crippen LogP contribution in [0.1, 0.15) is 11.1 Å². The molecular formula is C14H10F3N. The second-order valence-electron chi connectivity index (χ2n) is 3.75. The highest BCUT2D eigenvalue weighted by molar-refractivity contribution is 5.70. The Morgan fingerprint density at radius 1 is 1.17 bits per heavy atom. The van der Waals surface area contributed by atoms with Crippen LogP contribution in [-0.2, 0) is 6.18 Å². The molecule has 0 N–H and O–H groups in total. The van der Waals surface area contributed by atoms with E-state index < -0.39 is 11.7 Å². The summed E-state index contributed by atoms with van der Waals surface area (Å²) in [5.41, 5.74) is 0.532. The SMILES string of the molecule is C=Cc1ccc(C(F)(F)F)c(-c2cccnc2)c1. The number of nitrogens with zero attached hydrogens (tertiary/aromatic N) is 1. The minimum Gasteiger partial charge on any atom is -0.264 e. The molecule has 0 saturated heterocycles. The summed E-state index contributed by atoms with van der Waals surface area (Å²) in [6.07, 6.45) is 0.0659. The molecule has 1 nitrogen and oxygen atoms in total. The Kier molecular flexibility index (Phi) is 3.19. The predicted molar refractivity (Wildman–Crippen MR) is 64.8 cm³/mol. The Labute approximate surface area is 103 Å². The lowest BCUT2D eigenvalue weighted by atomic mass is 9.98. The lowest BCUT2D eigenvalue weighted by molar-refractivity contribution is -0.137. The van der Waals surface area contributed by atoms with Crippen molar-refractivity contribution in [3.63, 3.8) is 0 Å². The van der Waals surface area contributed by atoms with Crippen LogP contribution in [0.3, 0.4) is 0 Å². The van der Waals surface area contributed by atoms with Gasteiger partial charge in [-0.05, 0) is 29.3 Å². The second kappa shape index (κ2) is 4.64. The second-order valence-corrected chi connectivity index (χ2v) is 3.75. The Balaban J connectivity index is 2.66. The zero-order valence-electron chi connectivity index (χ0n) is 9.41. The van der Waals surface area contributed by atoms with Crippen LogP contribution in [0.2, 0.25) is 0 Å². The fourth-order valence-corrected chi connectivity index (χ4v) is 1.70. The quantitative estimate of drug-likeness (QED) is 0.768. The van der Waals surface area contributed by atoms with Crippen LogP contribution in [0, 0.1) is 0 Å².